The highest BCUT2D eigenvalue weighted by molar-refractivity contribution is 5.66. The first-order valence-corrected chi connectivity index (χ1v) is 6.97. The average molecular weight is 288 g/mol. The van der Waals surface area contributed by atoms with Crippen molar-refractivity contribution < 1.29 is 19.1 Å². The average Bonchev–Trinajstić information content (AvgIpc) is 2.95. The number of rotatable bonds is 5. The van der Waals surface area contributed by atoms with Crippen LogP contribution in [0.25, 0.3) is 0 Å². The van der Waals surface area contributed by atoms with Crippen molar-refractivity contribution in [2.24, 2.45) is 0 Å². The third-order valence-corrected chi connectivity index (χ3v) is 3.49. The highest BCUT2D eigenvalue weighted by Crippen LogP contribution is 2.31. The molecule has 110 valence electrons. The van der Waals surface area contributed by atoms with Crippen molar-refractivity contribution in [1.82, 2.24) is 10.2 Å². The van der Waals surface area contributed by atoms with Gasteiger partial charge in [-0.15, -0.1) is 10.2 Å². The molecule has 21 heavy (non-hydrogen) atoms. The van der Waals surface area contributed by atoms with Crippen LogP contribution in [0.4, 0.5) is 0 Å². The Balaban J connectivity index is 1.63. The van der Waals surface area contributed by atoms with Gasteiger partial charge in [0.25, 0.3) is 0 Å². The second-order valence-electron chi connectivity index (χ2n) is 5.10. The van der Waals surface area contributed by atoms with Crippen LogP contribution in [0.2, 0.25) is 0 Å². The van der Waals surface area contributed by atoms with Gasteiger partial charge >= 0.3 is 5.97 Å². The van der Waals surface area contributed by atoms with Gasteiger partial charge in [-0.25, -0.2) is 0 Å². The summed E-state index contributed by atoms with van der Waals surface area (Å²) in [5.41, 5.74) is 1.14. The number of fused-ring (bicyclic) bond motifs is 1. The summed E-state index contributed by atoms with van der Waals surface area (Å²) in [5, 5.41) is 16.7. The topological polar surface area (TPSA) is 85.5 Å². The lowest BCUT2D eigenvalue weighted by Gasteiger charge is -2.22. The van der Waals surface area contributed by atoms with Crippen LogP contribution < -0.4 is 4.74 Å². The number of carboxylic acids is 1. The third kappa shape index (κ3) is 3.21. The van der Waals surface area contributed by atoms with Crippen LogP contribution in [-0.2, 0) is 17.6 Å². The first kappa shape index (κ1) is 13.6. The van der Waals surface area contributed by atoms with Gasteiger partial charge in [0, 0.05) is 12.8 Å². The Morgan fingerprint density at radius 1 is 1.33 bits per heavy atom. The zero-order valence-corrected chi connectivity index (χ0v) is 11.5. The second kappa shape index (κ2) is 5.95. The van der Waals surface area contributed by atoms with Crippen LogP contribution in [0.15, 0.2) is 28.7 Å². The summed E-state index contributed by atoms with van der Waals surface area (Å²) >= 11 is 0. The molecular formula is C15H16N2O4. The molecule has 0 bridgehead atoms. The van der Waals surface area contributed by atoms with Gasteiger partial charge in [-0.2, -0.15) is 0 Å². The highest BCUT2D eigenvalue weighted by Gasteiger charge is 2.25. The second-order valence-corrected chi connectivity index (χ2v) is 5.10. The van der Waals surface area contributed by atoms with Gasteiger partial charge in [-0.05, 0) is 24.5 Å². The van der Waals surface area contributed by atoms with E-state index in [1.807, 2.05) is 24.3 Å². The molecule has 6 heteroatoms. The molecule has 2 heterocycles. The predicted molar refractivity (Wildman–Crippen MR) is 73.3 cm³/mol. The maximum absolute atomic E-state index is 10.5. The zero-order chi connectivity index (χ0) is 14.7. The van der Waals surface area contributed by atoms with Crippen molar-refractivity contribution in [3.05, 3.63) is 41.6 Å². The van der Waals surface area contributed by atoms with Crippen molar-refractivity contribution in [2.75, 3.05) is 6.61 Å². The van der Waals surface area contributed by atoms with Crippen molar-refractivity contribution in [3.63, 3.8) is 0 Å². The van der Waals surface area contributed by atoms with E-state index in [1.54, 1.807) is 0 Å². The number of para-hydroxylation sites is 1. The SMILES string of the molecule is O=C(O)CCCc1nnc(C2COc3ccccc3C2)o1. The van der Waals surface area contributed by atoms with Gasteiger partial charge in [-0.1, -0.05) is 18.2 Å². The van der Waals surface area contributed by atoms with E-state index >= 15 is 0 Å². The van der Waals surface area contributed by atoms with Gasteiger partial charge < -0.3 is 14.3 Å². The Labute approximate surface area is 121 Å². The van der Waals surface area contributed by atoms with E-state index in [0.29, 0.717) is 31.2 Å². The third-order valence-electron chi connectivity index (χ3n) is 3.49. The van der Waals surface area contributed by atoms with Crippen LogP contribution in [0.1, 0.15) is 36.1 Å². The molecule has 1 N–H and O–H groups in total. The summed E-state index contributed by atoms with van der Waals surface area (Å²) in [7, 11) is 0. The van der Waals surface area contributed by atoms with Gasteiger partial charge in [0.1, 0.15) is 12.4 Å². The Morgan fingerprint density at radius 2 is 2.19 bits per heavy atom. The van der Waals surface area contributed by atoms with Crippen molar-refractivity contribution in [2.45, 2.75) is 31.6 Å². The summed E-state index contributed by atoms with van der Waals surface area (Å²) in [6.07, 6.45) is 1.91. The van der Waals surface area contributed by atoms with E-state index in [0.717, 1.165) is 17.7 Å². The Hall–Kier alpha value is -2.37. The van der Waals surface area contributed by atoms with E-state index in [-0.39, 0.29) is 12.3 Å². The van der Waals surface area contributed by atoms with Crippen LogP contribution in [0.5, 0.6) is 5.75 Å². The number of carbonyl (C=O) groups is 1. The summed E-state index contributed by atoms with van der Waals surface area (Å²) < 4.78 is 11.3. The van der Waals surface area contributed by atoms with Gasteiger partial charge in [0.15, 0.2) is 0 Å². The normalized spacial score (nSPS) is 17.0. The summed E-state index contributed by atoms with van der Waals surface area (Å²) in [6, 6.07) is 7.92. The summed E-state index contributed by atoms with van der Waals surface area (Å²) in [5.74, 6) is 1.21. The Kier molecular flexibility index (Phi) is 3.85. The molecule has 1 unspecified atom stereocenters. The molecule has 0 saturated heterocycles. The van der Waals surface area contributed by atoms with Gasteiger partial charge in [0.2, 0.25) is 11.8 Å². The number of ether oxygens (including phenoxy) is 1. The first-order valence-electron chi connectivity index (χ1n) is 6.97. The number of benzene rings is 1. The van der Waals surface area contributed by atoms with E-state index in [1.165, 1.54) is 0 Å². The first-order chi connectivity index (χ1) is 10.2. The van der Waals surface area contributed by atoms with E-state index in [9.17, 15) is 4.79 Å². The fraction of sp³-hybridized carbons (Fsp3) is 0.400. The minimum atomic E-state index is -0.813. The minimum absolute atomic E-state index is 0.0561. The smallest absolute Gasteiger partial charge is 0.303 e. The number of hydrogen-bond acceptors (Lipinski definition) is 5. The maximum Gasteiger partial charge on any atom is 0.303 e. The van der Waals surface area contributed by atoms with E-state index in [2.05, 4.69) is 10.2 Å². The summed E-state index contributed by atoms with van der Waals surface area (Å²) in [4.78, 5) is 10.5. The van der Waals surface area contributed by atoms with Gasteiger partial charge in [-0.3, -0.25) is 4.79 Å². The number of aryl methyl sites for hydroxylation is 1. The lowest BCUT2D eigenvalue weighted by atomic mass is 9.97. The van der Waals surface area contributed by atoms with Gasteiger partial charge in [0.05, 0.1) is 5.92 Å². The number of hydrogen-bond donors (Lipinski definition) is 1. The molecule has 1 atom stereocenters. The molecule has 2 aromatic rings. The van der Waals surface area contributed by atoms with Crippen LogP contribution in [0.3, 0.4) is 0 Å². The molecule has 0 saturated carbocycles. The maximum atomic E-state index is 10.5. The fourth-order valence-corrected chi connectivity index (χ4v) is 2.41. The zero-order valence-electron chi connectivity index (χ0n) is 11.5. The summed E-state index contributed by atoms with van der Waals surface area (Å²) in [6.45, 7) is 0.522. The molecule has 0 radical (unpaired) electrons. The number of aromatic nitrogens is 2. The van der Waals surface area contributed by atoms with E-state index in [4.69, 9.17) is 14.3 Å². The molecule has 1 aliphatic heterocycles. The Bertz CT molecular complexity index is 638. The lowest BCUT2D eigenvalue weighted by Crippen LogP contribution is -2.19. The van der Waals surface area contributed by atoms with Crippen LogP contribution >= 0.6 is 0 Å². The standard InChI is InChI=1S/C15H16N2O4/c18-14(19)7-3-6-13-16-17-15(21-13)11-8-10-4-1-2-5-12(10)20-9-11/h1-2,4-5,11H,3,6-9H2,(H,18,19). The quantitative estimate of drug-likeness (QED) is 0.907. The predicted octanol–water partition coefficient (Wildman–Crippen LogP) is 2.20. The molecule has 0 amide bonds. The molecule has 3 rings (SSSR count). The molecule has 1 aromatic carbocycles. The van der Waals surface area contributed by atoms with Crippen molar-refractivity contribution >= 4 is 5.97 Å². The molecule has 0 spiro atoms. The molecule has 1 aliphatic rings. The van der Waals surface area contributed by atoms with Crippen molar-refractivity contribution in [3.8, 4) is 5.75 Å². The molecule has 6 nitrogen and oxygen atoms in total. The minimum Gasteiger partial charge on any atom is -0.492 e. The van der Waals surface area contributed by atoms with E-state index < -0.39 is 5.97 Å². The van der Waals surface area contributed by atoms with Crippen LogP contribution in [-0.4, -0.2) is 27.9 Å². The largest absolute Gasteiger partial charge is 0.492 e. The number of nitrogens with zero attached hydrogens (tertiary/aromatic N) is 2. The molecule has 0 aliphatic carbocycles. The number of carboxylic acid groups (broad SMARTS) is 1. The molecule has 1 aromatic heterocycles. The van der Waals surface area contributed by atoms with Crippen molar-refractivity contribution in [1.29, 1.82) is 0 Å². The fourth-order valence-electron chi connectivity index (χ4n) is 2.41. The highest BCUT2D eigenvalue weighted by atomic mass is 16.5. The molecular weight excluding hydrogens is 272 g/mol. The monoisotopic (exact) mass is 288 g/mol. The molecule has 0 fully saturated rings. The van der Waals surface area contributed by atoms with Crippen LogP contribution in [0, 0.1) is 0 Å². The Morgan fingerprint density at radius 3 is 3.05 bits per heavy atom. The number of aliphatic carboxylic acids is 1. The lowest BCUT2D eigenvalue weighted by molar-refractivity contribution is -0.137.